The first-order valence-corrected chi connectivity index (χ1v) is 8.70. The molecule has 0 fully saturated rings. The number of H-pyrrole nitrogens is 1. The molecule has 0 bridgehead atoms. The summed E-state index contributed by atoms with van der Waals surface area (Å²) in [5.41, 5.74) is 2.48. The molecule has 2 heterocycles. The Balaban J connectivity index is 1.95. The summed E-state index contributed by atoms with van der Waals surface area (Å²) in [5, 5.41) is 13.9. The molecular formula is C20H17N5O3. The summed E-state index contributed by atoms with van der Waals surface area (Å²) in [4.78, 5) is 35.8. The van der Waals surface area contributed by atoms with Crippen LogP contribution < -0.4 is 5.56 Å². The fraction of sp³-hybridized carbons (Fsp3) is 0.150. The number of carboxylic acids is 1. The minimum Gasteiger partial charge on any atom is -0.481 e. The zero-order valence-electron chi connectivity index (χ0n) is 15.2. The van der Waals surface area contributed by atoms with Crippen molar-refractivity contribution < 1.29 is 9.90 Å². The average molecular weight is 375 g/mol. The summed E-state index contributed by atoms with van der Waals surface area (Å²) in [6, 6.07) is 14.6. The molecule has 0 spiro atoms. The molecule has 8 nitrogen and oxygen atoms in total. The van der Waals surface area contributed by atoms with Crippen LogP contribution in [0.2, 0.25) is 0 Å². The topological polar surface area (TPSA) is 114 Å². The first-order valence-electron chi connectivity index (χ1n) is 8.70. The molecule has 0 saturated carbocycles. The summed E-state index contributed by atoms with van der Waals surface area (Å²) in [7, 11) is 0. The van der Waals surface area contributed by atoms with Gasteiger partial charge in [0.05, 0.1) is 11.0 Å². The predicted molar refractivity (Wildman–Crippen MR) is 104 cm³/mol. The normalized spacial score (nSPS) is 12.2. The number of nitrogens with one attached hydrogen (secondary N) is 1. The highest BCUT2D eigenvalue weighted by molar-refractivity contribution is 5.76. The van der Waals surface area contributed by atoms with Gasteiger partial charge in [0, 0.05) is 5.56 Å². The lowest BCUT2D eigenvalue weighted by atomic mass is 10.1. The number of aryl methyl sites for hydroxylation is 1. The second-order valence-electron chi connectivity index (χ2n) is 6.54. The fourth-order valence-electron chi connectivity index (χ4n) is 2.86. The predicted octanol–water partition coefficient (Wildman–Crippen LogP) is 2.67. The summed E-state index contributed by atoms with van der Waals surface area (Å²) in [6.07, 6.45) is 0. The second kappa shape index (κ2) is 6.73. The van der Waals surface area contributed by atoms with Crippen molar-refractivity contribution in [1.82, 2.24) is 24.7 Å². The molecular weight excluding hydrogens is 358 g/mol. The van der Waals surface area contributed by atoms with Gasteiger partial charge in [-0.25, -0.2) is 9.97 Å². The second-order valence-corrected chi connectivity index (χ2v) is 6.54. The number of para-hydroxylation sites is 2. The highest BCUT2D eigenvalue weighted by Gasteiger charge is 2.25. The van der Waals surface area contributed by atoms with Crippen LogP contribution in [0, 0.1) is 6.92 Å². The van der Waals surface area contributed by atoms with E-state index in [0.717, 1.165) is 11.1 Å². The van der Waals surface area contributed by atoms with Gasteiger partial charge in [-0.05, 0) is 26.0 Å². The maximum Gasteiger partial charge on any atom is 0.313 e. The van der Waals surface area contributed by atoms with Crippen molar-refractivity contribution in [3.8, 4) is 17.2 Å². The Morgan fingerprint density at radius 3 is 2.54 bits per heavy atom. The van der Waals surface area contributed by atoms with Crippen molar-refractivity contribution >= 4 is 17.0 Å². The lowest BCUT2D eigenvalue weighted by molar-refractivity contribution is -0.138. The van der Waals surface area contributed by atoms with E-state index in [1.54, 1.807) is 24.3 Å². The van der Waals surface area contributed by atoms with Crippen LogP contribution in [-0.4, -0.2) is 35.8 Å². The van der Waals surface area contributed by atoms with E-state index in [4.69, 9.17) is 0 Å². The Hall–Kier alpha value is -3.81. The Morgan fingerprint density at radius 1 is 1.11 bits per heavy atom. The SMILES string of the molecule is Cc1ccc(-c2nc(C(C)C(=O)O)n(-c3nc4ccccc4[nH]c3=O)n2)cc1. The number of benzene rings is 2. The van der Waals surface area contributed by atoms with Crippen molar-refractivity contribution in [2.75, 3.05) is 0 Å². The van der Waals surface area contributed by atoms with E-state index in [-0.39, 0.29) is 11.6 Å². The van der Waals surface area contributed by atoms with Crippen LogP contribution >= 0.6 is 0 Å². The van der Waals surface area contributed by atoms with Gasteiger partial charge in [-0.2, -0.15) is 4.68 Å². The van der Waals surface area contributed by atoms with Gasteiger partial charge in [0.2, 0.25) is 5.82 Å². The Kier molecular flexibility index (Phi) is 4.23. The maximum absolute atomic E-state index is 12.6. The molecule has 2 aromatic heterocycles. The third-order valence-electron chi connectivity index (χ3n) is 4.48. The van der Waals surface area contributed by atoms with Gasteiger partial charge in [-0.15, -0.1) is 5.10 Å². The van der Waals surface area contributed by atoms with Crippen LogP contribution in [0.15, 0.2) is 53.3 Å². The standard InChI is InChI=1S/C20H17N5O3/c1-11-7-9-13(10-8-11)16-23-17(12(2)20(27)28)25(24-16)18-19(26)22-15-6-4-3-5-14(15)21-18/h3-10,12H,1-2H3,(H,22,26)(H,27,28). The molecule has 0 aliphatic heterocycles. The van der Waals surface area contributed by atoms with Crippen molar-refractivity contribution in [1.29, 1.82) is 0 Å². The Bertz CT molecular complexity index is 1240. The highest BCUT2D eigenvalue weighted by atomic mass is 16.4. The van der Waals surface area contributed by atoms with E-state index in [1.165, 1.54) is 11.6 Å². The fourth-order valence-corrected chi connectivity index (χ4v) is 2.86. The zero-order valence-corrected chi connectivity index (χ0v) is 15.2. The number of carboxylic acid groups (broad SMARTS) is 1. The van der Waals surface area contributed by atoms with E-state index < -0.39 is 17.4 Å². The van der Waals surface area contributed by atoms with Crippen molar-refractivity contribution in [2.45, 2.75) is 19.8 Å². The molecule has 28 heavy (non-hydrogen) atoms. The van der Waals surface area contributed by atoms with Crippen molar-refractivity contribution in [3.05, 3.63) is 70.3 Å². The molecule has 1 atom stereocenters. The summed E-state index contributed by atoms with van der Waals surface area (Å²) >= 11 is 0. The van der Waals surface area contributed by atoms with Crippen molar-refractivity contribution in [2.24, 2.45) is 0 Å². The number of carbonyl (C=O) groups is 1. The number of aromatic nitrogens is 5. The quantitative estimate of drug-likeness (QED) is 0.567. The first kappa shape index (κ1) is 17.6. The lowest BCUT2D eigenvalue weighted by Gasteiger charge is -2.08. The number of fused-ring (bicyclic) bond motifs is 1. The third-order valence-corrected chi connectivity index (χ3v) is 4.48. The van der Waals surface area contributed by atoms with Gasteiger partial charge in [0.25, 0.3) is 5.56 Å². The average Bonchev–Trinajstić information content (AvgIpc) is 3.12. The van der Waals surface area contributed by atoms with Gasteiger partial charge < -0.3 is 10.1 Å². The molecule has 140 valence electrons. The number of aliphatic carboxylic acids is 1. The lowest BCUT2D eigenvalue weighted by Crippen LogP contribution is -2.22. The molecule has 2 N–H and O–H groups in total. The van der Waals surface area contributed by atoms with E-state index in [9.17, 15) is 14.7 Å². The molecule has 8 heteroatoms. The summed E-state index contributed by atoms with van der Waals surface area (Å²) < 4.78 is 1.22. The third kappa shape index (κ3) is 3.05. The molecule has 4 aromatic rings. The molecule has 4 rings (SSSR count). The first-order chi connectivity index (χ1) is 13.4. The molecule has 1 unspecified atom stereocenters. The summed E-state index contributed by atoms with van der Waals surface area (Å²) in [5.74, 6) is -1.60. The maximum atomic E-state index is 12.6. The van der Waals surface area contributed by atoms with Crippen LogP contribution in [-0.2, 0) is 4.79 Å². The van der Waals surface area contributed by atoms with E-state index >= 15 is 0 Å². The van der Waals surface area contributed by atoms with Gasteiger partial charge in [0.15, 0.2) is 5.82 Å². The molecule has 0 aliphatic carbocycles. The van der Waals surface area contributed by atoms with Crippen molar-refractivity contribution in [3.63, 3.8) is 0 Å². The molecule has 0 saturated heterocycles. The number of aromatic amines is 1. The van der Waals surface area contributed by atoms with Crippen LogP contribution in [0.25, 0.3) is 28.2 Å². The van der Waals surface area contributed by atoms with Gasteiger partial charge in [-0.3, -0.25) is 9.59 Å². The van der Waals surface area contributed by atoms with Gasteiger partial charge in [0.1, 0.15) is 11.7 Å². The minimum absolute atomic E-state index is 0.0207. The molecule has 0 amide bonds. The molecule has 2 aromatic carbocycles. The largest absolute Gasteiger partial charge is 0.481 e. The number of hydrogen-bond donors (Lipinski definition) is 2. The smallest absolute Gasteiger partial charge is 0.313 e. The van der Waals surface area contributed by atoms with Crippen LogP contribution in [0.4, 0.5) is 0 Å². The van der Waals surface area contributed by atoms with E-state index in [1.807, 2.05) is 31.2 Å². The van der Waals surface area contributed by atoms with Crippen LogP contribution in [0.3, 0.4) is 0 Å². The van der Waals surface area contributed by atoms with Crippen LogP contribution in [0.1, 0.15) is 24.2 Å². The molecule has 0 aliphatic rings. The Morgan fingerprint density at radius 2 is 1.82 bits per heavy atom. The number of nitrogens with zero attached hydrogens (tertiary/aromatic N) is 4. The summed E-state index contributed by atoms with van der Waals surface area (Å²) in [6.45, 7) is 3.46. The minimum atomic E-state index is -1.07. The van der Waals surface area contributed by atoms with E-state index in [2.05, 4.69) is 20.1 Å². The van der Waals surface area contributed by atoms with Gasteiger partial charge in [-0.1, -0.05) is 42.0 Å². The van der Waals surface area contributed by atoms with E-state index in [0.29, 0.717) is 16.9 Å². The molecule has 0 radical (unpaired) electrons. The monoisotopic (exact) mass is 375 g/mol. The Labute approximate surface area is 159 Å². The zero-order chi connectivity index (χ0) is 19.8. The van der Waals surface area contributed by atoms with Crippen LogP contribution in [0.5, 0.6) is 0 Å². The number of rotatable bonds is 4. The highest BCUT2D eigenvalue weighted by Crippen LogP contribution is 2.22. The van der Waals surface area contributed by atoms with Gasteiger partial charge >= 0.3 is 5.97 Å². The number of hydrogen-bond acceptors (Lipinski definition) is 5.